The van der Waals surface area contributed by atoms with Crippen LogP contribution in [0.25, 0.3) is 0 Å². The van der Waals surface area contributed by atoms with Gasteiger partial charge in [0.25, 0.3) is 5.69 Å². The topological polar surface area (TPSA) is 52.4 Å². The Morgan fingerprint density at radius 3 is 2.00 bits per heavy atom. The van der Waals surface area contributed by atoms with Crippen molar-refractivity contribution >= 4 is 21.6 Å². The third-order valence-corrected chi connectivity index (χ3v) is 2.09. The van der Waals surface area contributed by atoms with Crippen LogP contribution in [-0.4, -0.2) is 15.9 Å². The van der Waals surface area contributed by atoms with Gasteiger partial charge in [-0.3, -0.25) is 10.1 Å². The summed E-state index contributed by atoms with van der Waals surface area (Å²) in [7, 11) is 0. The van der Waals surface area contributed by atoms with E-state index in [0.717, 1.165) is 24.3 Å². The molecule has 1 aromatic carbocycles. The average molecular weight is 318 g/mol. The van der Waals surface area contributed by atoms with Gasteiger partial charge in [0.15, 0.2) is 0 Å². The third kappa shape index (κ3) is 3.29. The predicted molar refractivity (Wildman–Crippen MR) is 52.5 cm³/mol. The van der Waals surface area contributed by atoms with Crippen LogP contribution in [0.3, 0.4) is 0 Å². The van der Waals surface area contributed by atoms with Crippen molar-refractivity contribution in [1.29, 1.82) is 0 Å². The fourth-order valence-corrected chi connectivity index (χ4v) is 0.923. The van der Waals surface area contributed by atoms with Crippen molar-refractivity contribution in [3.05, 3.63) is 34.4 Å². The first-order valence-corrected chi connectivity index (χ1v) is 4.81. The van der Waals surface area contributed by atoms with E-state index in [2.05, 4.69) is 4.74 Å². The van der Waals surface area contributed by atoms with Crippen LogP contribution in [0.5, 0.6) is 5.75 Å². The quantitative estimate of drug-likeness (QED) is 0.369. The maximum atomic E-state index is 12.7. The van der Waals surface area contributed by atoms with Gasteiger partial charge >= 0.3 is 10.9 Å². The first-order valence-electron chi connectivity index (χ1n) is 4.01. The second-order valence-electron chi connectivity index (χ2n) is 2.87. The lowest BCUT2D eigenvalue weighted by atomic mass is 10.3. The van der Waals surface area contributed by atoms with E-state index in [1.165, 1.54) is 15.9 Å². The minimum absolute atomic E-state index is 0.369. The first-order chi connectivity index (χ1) is 7.63. The van der Waals surface area contributed by atoms with E-state index in [0.29, 0.717) is 0 Å². The molecule has 0 aliphatic heterocycles. The summed E-state index contributed by atoms with van der Waals surface area (Å²) in [6.45, 7) is 0. The largest absolute Gasteiger partial charge is 0.475 e. The molecule has 9 heteroatoms. The molecule has 0 aliphatic carbocycles. The van der Waals surface area contributed by atoms with Crippen LogP contribution in [0.1, 0.15) is 0 Å². The Bertz CT molecular complexity index is 418. The van der Waals surface area contributed by atoms with E-state index < -0.39 is 21.6 Å². The summed E-state index contributed by atoms with van der Waals surface area (Å²) >= 11 is 1.48. The molecule has 0 fully saturated rings. The molecule has 0 amide bonds. The highest BCUT2D eigenvalue weighted by molar-refractivity contribution is 9.10. The van der Waals surface area contributed by atoms with Crippen LogP contribution < -0.4 is 4.74 Å². The van der Waals surface area contributed by atoms with Crippen LogP contribution in [0.4, 0.5) is 23.2 Å². The molecule has 17 heavy (non-hydrogen) atoms. The van der Waals surface area contributed by atoms with Gasteiger partial charge in [-0.15, -0.1) is 0 Å². The van der Waals surface area contributed by atoms with E-state index in [1.54, 1.807) is 0 Å². The second-order valence-corrected chi connectivity index (χ2v) is 3.86. The fraction of sp³-hybridized carbons (Fsp3) is 0.250. The molecule has 0 aromatic heterocycles. The van der Waals surface area contributed by atoms with E-state index in [4.69, 9.17) is 0 Å². The Morgan fingerprint density at radius 2 is 1.65 bits per heavy atom. The minimum Gasteiger partial charge on any atom is -0.427 e. The summed E-state index contributed by atoms with van der Waals surface area (Å²) in [5.74, 6) is -0.611. The van der Waals surface area contributed by atoms with Gasteiger partial charge < -0.3 is 4.74 Å². The Kier molecular flexibility index (Phi) is 3.60. The summed E-state index contributed by atoms with van der Waals surface area (Å²) in [5.41, 5.74) is -0.369. The van der Waals surface area contributed by atoms with Crippen LogP contribution in [0.2, 0.25) is 0 Å². The van der Waals surface area contributed by atoms with Crippen molar-refractivity contribution < 1.29 is 27.2 Å². The highest BCUT2D eigenvalue weighted by Crippen LogP contribution is 2.40. The molecule has 1 rings (SSSR count). The molecule has 0 unspecified atom stereocenters. The molecule has 0 spiro atoms. The molecule has 0 saturated carbocycles. The van der Waals surface area contributed by atoms with Crippen LogP contribution in [-0.2, 0) is 0 Å². The maximum absolute atomic E-state index is 12.7. The van der Waals surface area contributed by atoms with Crippen molar-refractivity contribution in [2.45, 2.75) is 10.9 Å². The number of nitrogens with zero attached hydrogens (tertiary/aromatic N) is 1. The number of ether oxygens (including phenoxy) is 1. The zero-order valence-corrected chi connectivity index (χ0v) is 9.46. The van der Waals surface area contributed by atoms with Crippen molar-refractivity contribution in [2.24, 2.45) is 0 Å². The first kappa shape index (κ1) is 13.7. The Morgan fingerprint density at radius 1 is 1.18 bits per heavy atom. The number of non-ortho nitro benzene ring substituents is 1. The Balaban J connectivity index is 2.86. The molecule has 94 valence electrons. The van der Waals surface area contributed by atoms with Crippen molar-refractivity contribution in [3.8, 4) is 5.75 Å². The standard InChI is InChI=1S/C8H4BrF4NO3/c9-7(10,11)8(12,13)17-6-3-1-5(2-4-6)14(15)16/h1-4H. The maximum Gasteiger partial charge on any atom is 0.475 e. The van der Waals surface area contributed by atoms with Crippen LogP contribution in [0, 0.1) is 10.1 Å². The molecule has 0 atom stereocenters. The zero-order valence-electron chi connectivity index (χ0n) is 7.87. The lowest BCUT2D eigenvalue weighted by Gasteiger charge is -2.21. The zero-order chi connectivity index (χ0) is 13.3. The molecule has 0 saturated heterocycles. The van der Waals surface area contributed by atoms with Crippen LogP contribution >= 0.6 is 15.9 Å². The van der Waals surface area contributed by atoms with Gasteiger partial charge in [0.1, 0.15) is 5.75 Å². The molecule has 1 aromatic rings. The molecule has 0 bridgehead atoms. The number of nitro groups is 1. The number of hydrogen-bond acceptors (Lipinski definition) is 3. The summed E-state index contributed by atoms with van der Waals surface area (Å²) < 4.78 is 53.8. The molecule has 4 nitrogen and oxygen atoms in total. The van der Waals surface area contributed by atoms with Gasteiger partial charge in [0, 0.05) is 28.1 Å². The third-order valence-electron chi connectivity index (χ3n) is 1.62. The monoisotopic (exact) mass is 317 g/mol. The Hall–Kier alpha value is -1.38. The van der Waals surface area contributed by atoms with Crippen molar-refractivity contribution in [1.82, 2.24) is 0 Å². The lowest BCUT2D eigenvalue weighted by molar-refractivity contribution is -0.384. The van der Waals surface area contributed by atoms with Gasteiger partial charge in [-0.1, -0.05) is 0 Å². The summed E-state index contributed by atoms with van der Waals surface area (Å²) in [6, 6.07) is 3.31. The Labute approximate surface area is 100 Å². The normalized spacial score (nSPS) is 12.3. The highest BCUT2D eigenvalue weighted by atomic mass is 79.9. The van der Waals surface area contributed by atoms with Gasteiger partial charge in [-0.05, 0) is 12.1 Å². The predicted octanol–water partition coefficient (Wildman–Crippen LogP) is 3.55. The fourth-order valence-electron chi connectivity index (χ4n) is 0.842. The van der Waals surface area contributed by atoms with Crippen molar-refractivity contribution in [3.63, 3.8) is 0 Å². The van der Waals surface area contributed by atoms with Crippen LogP contribution in [0.15, 0.2) is 24.3 Å². The number of rotatable bonds is 4. The number of hydrogen-bond donors (Lipinski definition) is 0. The molecule has 0 N–H and O–H groups in total. The van der Waals surface area contributed by atoms with E-state index in [-0.39, 0.29) is 5.69 Å². The van der Waals surface area contributed by atoms with Crippen molar-refractivity contribution in [2.75, 3.05) is 0 Å². The molecule has 0 aliphatic rings. The molecule has 0 radical (unpaired) electrons. The van der Waals surface area contributed by atoms with Gasteiger partial charge in [0.05, 0.1) is 4.92 Å². The second kappa shape index (κ2) is 4.47. The molecular weight excluding hydrogens is 314 g/mol. The molecular formula is C8H4BrF4NO3. The van der Waals surface area contributed by atoms with E-state index >= 15 is 0 Å². The van der Waals surface area contributed by atoms with E-state index in [9.17, 15) is 27.7 Å². The number of nitro benzene ring substituents is 1. The summed E-state index contributed by atoms with van der Waals surface area (Å²) in [4.78, 5) is 4.94. The lowest BCUT2D eigenvalue weighted by Crippen LogP contribution is -2.40. The number of benzene rings is 1. The highest BCUT2D eigenvalue weighted by Gasteiger charge is 2.57. The number of halogens is 5. The SMILES string of the molecule is O=[N+]([O-])c1ccc(OC(F)(F)C(F)(F)Br)cc1. The summed E-state index contributed by atoms with van der Waals surface area (Å²) in [6.07, 6.45) is -4.76. The number of alkyl halides is 5. The van der Waals surface area contributed by atoms with Gasteiger partial charge in [-0.2, -0.15) is 17.6 Å². The van der Waals surface area contributed by atoms with E-state index in [1.807, 2.05) is 0 Å². The minimum atomic E-state index is -4.76. The van der Waals surface area contributed by atoms with Gasteiger partial charge in [0.2, 0.25) is 0 Å². The smallest absolute Gasteiger partial charge is 0.427 e. The molecule has 0 heterocycles. The summed E-state index contributed by atoms with van der Waals surface area (Å²) in [5, 5.41) is 10.2. The average Bonchev–Trinajstić information content (AvgIpc) is 2.16. The van der Waals surface area contributed by atoms with Gasteiger partial charge in [-0.25, -0.2) is 0 Å².